The van der Waals surface area contributed by atoms with Gasteiger partial charge in [-0.3, -0.25) is 9.59 Å². The second-order valence-electron chi connectivity index (χ2n) is 9.42. The summed E-state index contributed by atoms with van der Waals surface area (Å²) in [6.45, 7) is 4.77. The summed E-state index contributed by atoms with van der Waals surface area (Å²) in [4.78, 5) is 29.2. The minimum absolute atomic E-state index is 0.102. The third-order valence-corrected chi connectivity index (χ3v) is 7.47. The molecular formula is C25H28ClN3O3. The van der Waals surface area contributed by atoms with Crippen molar-refractivity contribution in [3.8, 4) is 0 Å². The average Bonchev–Trinajstić information content (AvgIpc) is 3.36. The number of nitrogens with zero attached hydrogens (tertiary/aromatic N) is 2. The molecule has 1 N–H and O–H groups in total. The van der Waals surface area contributed by atoms with Gasteiger partial charge >= 0.3 is 0 Å². The molecule has 5 rings (SSSR count). The van der Waals surface area contributed by atoms with Crippen LogP contribution in [0, 0.1) is 5.92 Å². The van der Waals surface area contributed by atoms with Gasteiger partial charge in [0.15, 0.2) is 5.58 Å². The lowest BCUT2D eigenvalue weighted by Crippen LogP contribution is -2.65. The molecule has 0 spiro atoms. The van der Waals surface area contributed by atoms with Crippen molar-refractivity contribution in [1.82, 2.24) is 14.8 Å². The maximum Gasteiger partial charge on any atom is 0.271 e. The zero-order chi connectivity index (χ0) is 22.5. The minimum atomic E-state index is -1.04. The maximum atomic E-state index is 13.8. The maximum absolute atomic E-state index is 13.8. The van der Waals surface area contributed by atoms with E-state index in [1.54, 1.807) is 17.2 Å². The van der Waals surface area contributed by atoms with Crippen molar-refractivity contribution in [2.75, 3.05) is 0 Å². The third-order valence-electron chi connectivity index (χ3n) is 7.22. The van der Waals surface area contributed by atoms with E-state index in [9.17, 15) is 9.59 Å². The highest BCUT2D eigenvalue weighted by molar-refractivity contribution is 6.30. The Kier molecular flexibility index (Phi) is 5.28. The van der Waals surface area contributed by atoms with Crippen LogP contribution >= 0.6 is 11.6 Å². The van der Waals surface area contributed by atoms with E-state index in [1.165, 1.54) is 6.42 Å². The molecule has 3 atom stereocenters. The van der Waals surface area contributed by atoms with Crippen LogP contribution in [0.5, 0.6) is 0 Å². The fourth-order valence-electron chi connectivity index (χ4n) is 5.15. The molecule has 1 aliphatic carbocycles. The first-order chi connectivity index (χ1) is 15.4. The van der Waals surface area contributed by atoms with Gasteiger partial charge in [-0.15, -0.1) is 0 Å². The van der Waals surface area contributed by atoms with E-state index in [4.69, 9.17) is 16.0 Å². The minimum Gasteiger partial charge on any atom is -0.463 e. The van der Waals surface area contributed by atoms with Crippen LogP contribution in [-0.2, 0) is 17.9 Å². The van der Waals surface area contributed by atoms with Crippen LogP contribution in [0.15, 0.2) is 47.1 Å². The van der Waals surface area contributed by atoms with Gasteiger partial charge < -0.3 is 19.2 Å². The highest BCUT2D eigenvalue weighted by Crippen LogP contribution is 2.35. The number of aromatic nitrogens is 1. The Morgan fingerprint density at radius 3 is 2.72 bits per heavy atom. The standard InChI is InChI=1S/C25H28ClN3O3/c1-16-5-3-4-6-19(16)27-24(31)25(2)15-28-20-11-12-32-22(20)13-21(28)23(30)29(25)14-17-7-9-18(26)10-8-17/h7-13,16,19H,3-6,14-15H2,1-2H3,(H,27,31). The van der Waals surface area contributed by atoms with Crippen LogP contribution in [0.3, 0.4) is 0 Å². The van der Waals surface area contributed by atoms with Crippen LogP contribution in [0.2, 0.25) is 5.02 Å². The molecule has 7 heteroatoms. The summed E-state index contributed by atoms with van der Waals surface area (Å²) in [6.07, 6.45) is 6.04. The van der Waals surface area contributed by atoms with Gasteiger partial charge in [0, 0.05) is 29.7 Å². The lowest BCUT2D eigenvalue weighted by atomic mass is 9.85. The molecule has 1 fully saturated rings. The van der Waals surface area contributed by atoms with Crippen molar-refractivity contribution < 1.29 is 14.0 Å². The summed E-state index contributed by atoms with van der Waals surface area (Å²) in [7, 11) is 0. The number of halogens is 1. The van der Waals surface area contributed by atoms with Gasteiger partial charge in [0.05, 0.1) is 18.3 Å². The van der Waals surface area contributed by atoms with Gasteiger partial charge in [-0.25, -0.2) is 0 Å². The molecule has 32 heavy (non-hydrogen) atoms. The molecule has 2 aromatic heterocycles. The summed E-state index contributed by atoms with van der Waals surface area (Å²) in [5, 5.41) is 3.94. The number of furan rings is 1. The summed E-state index contributed by atoms with van der Waals surface area (Å²) in [6, 6.07) is 11.2. The summed E-state index contributed by atoms with van der Waals surface area (Å²) in [5.74, 6) is 0.157. The quantitative estimate of drug-likeness (QED) is 0.604. The zero-order valence-corrected chi connectivity index (χ0v) is 19.2. The predicted octanol–water partition coefficient (Wildman–Crippen LogP) is 5.00. The van der Waals surface area contributed by atoms with Crippen molar-refractivity contribution in [1.29, 1.82) is 0 Å². The SMILES string of the molecule is CC1CCCCC1NC(=O)C1(C)Cn2c(cc3occc32)C(=O)N1Cc1ccc(Cl)cc1. The van der Waals surface area contributed by atoms with Crippen LogP contribution in [0.25, 0.3) is 11.1 Å². The number of benzene rings is 1. The van der Waals surface area contributed by atoms with Gasteiger partial charge in [0.2, 0.25) is 5.91 Å². The molecule has 1 aromatic carbocycles. The van der Waals surface area contributed by atoms with Crippen molar-refractivity contribution >= 4 is 34.5 Å². The van der Waals surface area contributed by atoms with Crippen molar-refractivity contribution in [2.45, 2.75) is 64.2 Å². The number of carbonyl (C=O) groups is 2. The zero-order valence-electron chi connectivity index (χ0n) is 18.4. The molecule has 6 nitrogen and oxygen atoms in total. The Morgan fingerprint density at radius 2 is 1.97 bits per heavy atom. The second kappa shape index (κ2) is 8.00. The lowest BCUT2D eigenvalue weighted by molar-refractivity contribution is -0.134. The van der Waals surface area contributed by atoms with E-state index >= 15 is 0 Å². The highest BCUT2D eigenvalue weighted by Gasteiger charge is 2.48. The van der Waals surface area contributed by atoms with Crippen LogP contribution < -0.4 is 5.32 Å². The van der Waals surface area contributed by atoms with E-state index in [1.807, 2.05) is 41.8 Å². The lowest BCUT2D eigenvalue weighted by Gasteiger charge is -2.45. The van der Waals surface area contributed by atoms with Gasteiger partial charge in [-0.1, -0.05) is 43.5 Å². The summed E-state index contributed by atoms with van der Waals surface area (Å²) >= 11 is 6.05. The third kappa shape index (κ3) is 3.51. The topological polar surface area (TPSA) is 67.5 Å². The second-order valence-corrected chi connectivity index (χ2v) is 9.86. The molecule has 1 saturated carbocycles. The van der Waals surface area contributed by atoms with Crippen molar-refractivity contribution in [2.24, 2.45) is 5.92 Å². The number of hydrogen-bond acceptors (Lipinski definition) is 3. The molecule has 2 aliphatic rings. The van der Waals surface area contributed by atoms with Crippen molar-refractivity contribution in [3.63, 3.8) is 0 Å². The van der Waals surface area contributed by atoms with E-state index in [-0.39, 0.29) is 17.9 Å². The Balaban J connectivity index is 1.52. The summed E-state index contributed by atoms with van der Waals surface area (Å²) in [5.41, 5.74) is 1.93. The molecule has 0 saturated heterocycles. The van der Waals surface area contributed by atoms with Gasteiger partial charge in [-0.2, -0.15) is 0 Å². The highest BCUT2D eigenvalue weighted by atomic mass is 35.5. The number of nitrogens with one attached hydrogen (secondary N) is 1. The van der Waals surface area contributed by atoms with Gasteiger partial charge in [0.25, 0.3) is 5.91 Å². The van der Waals surface area contributed by atoms with Crippen LogP contribution in [0.1, 0.15) is 55.6 Å². The molecule has 168 valence electrons. The Bertz CT molecular complexity index is 1170. The van der Waals surface area contributed by atoms with Gasteiger partial charge in [-0.05, 0) is 43.4 Å². The number of carbonyl (C=O) groups excluding carboxylic acids is 2. The fraction of sp³-hybridized carbons (Fsp3) is 0.440. The van der Waals surface area contributed by atoms with E-state index < -0.39 is 5.54 Å². The Hall–Kier alpha value is -2.73. The first-order valence-corrected chi connectivity index (χ1v) is 11.7. The molecule has 3 unspecified atom stereocenters. The molecule has 0 radical (unpaired) electrons. The molecule has 3 aromatic rings. The van der Waals surface area contributed by atoms with Gasteiger partial charge in [0.1, 0.15) is 11.2 Å². The Labute approximate surface area is 192 Å². The first-order valence-electron chi connectivity index (χ1n) is 11.3. The van der Waals surface area contributed by atoms with Crippen molar-refractivity contribution in [3.05, 3.63) is 58.9 Å². The molecule has 3 heterocycles. The smallest absolute Gasteiger partial charge is 0.271 e. The number of rotatable bonds is 4. The van der Waals surface area contributed by atoms with Crippen LogP contribution in [-0.4, -0.2) is 32.9 Å². The number of fused-ring (bicyclic) bond motifs is 3. The molecular weight excluding hydrogens is 426 g/mol. The Morgan fingerprint density at radius 1 is 1.22 bits per heavy atom. The molecule has 1 aliphatic heterocycles. The van der Waals surface area contributed by atoms with Crippen LogP contribution in [0.4, 0.5) is 0 Å². The first kappa shape index (κ1) is 21.1. The summed E-state index contributed by atoms with van der Waals surface area (Å²) < 4.78 is 7.46. The predicted molar refractivity (Wildman–Crippen MR) is 123 cm³/mol. The molecule has 0 bridgehead atoms. The average molecular weight is 454 g/mol. The van der Waals surface area contributed by atoms with E-state index in [0.717, 1.165) is 30.3 Å². The monoisotopic (exact) mass is 453 g/mol. The normalized spacial score (nSPS) is 25.7. The largest absolute Gasteiger partial charge is 0.463 e. The number of amides is 2. The molecule has 2 amide bonds. The van der Waals surface area contributed by atoms with E-state index in [2.05, 4.69) is 12.2 Å². The van der Waals surface area contributed by atoms with E-state index in [0.29, 0.717) is 35.3 Å². The fourth-order valence-corrected chi connectivity index (χ4v) is 5.27. The number of hydrogen-bond donors (Lipinski definition) is 1.